The Hall–Kier alpha value is -1.80. The average Bonchev–Trinajstić information content (AvgIpc) is 2.48. The second kappa shape index (κ2) is 5.68. The van der Waals surface area contributed by atoms with Gasteiger partial charge in [-0.1, -0.05) is 35.9 Å². The molecule has 1 aliphatic heterocycles. The van der Waals surface area contributed by atoms with Crippen molar-refractivity contribution in [3.05, 3.63) is 64.2 Å². The summed E-state index contributed by atoms with van der Waals surface area (Å²) < 4.78 is 5.50. The van der Waals surface area contributed by atoms with Gasteiger partial charge >= 0.3 is 0 Å². The van der Waals surface area contributed by atoms with Gasteiger partial charge in [0.15, 0.2) is 0 Å². The van der Waals surface area contributed by atoms with Crippen molar-refractivity contribution in [3.8, 4) is 5.75 Å². The molecule has 0 bridgehead atoms. The van der Waals surface area contributed by atoms with Crippen LogP contribution in [0.4, 0.5) is 0 Å². The minimum atomic E-state index is 0.940. The quantitative estimate of drug-likeness (QED) is 0.922. The number of hydrogen-bond acceptors (Lipinski definition) is 2. The first-order chi connectivity index (χ1) is 9.78. The Morgan fingerprint density at radius 3 is 2.90 bits per heavy atom. The second-order valence-electron chi connectivity index (χ2n) is 5.47. The number of nitrogens with one attached hydrogen (secondary N) is 1. The zero-order valence-electron chi connectivity index (χ0n) is 12.2. The summed E-state index contributed by atoms with van der Waals surface area (Å²) in [6, 6.07) is 13.1. The Kier molecular flexibility index (Phi) is 3.75. The van der Waals surface area contributed by atoms with E-state index >= 15 is 0 Å². The Bertz CT molecular complexity index is 619. The maximum absolute atomic E-state index is 5.50. The van der Waals surface area contributed by atoms with Crippen LogP contribution in [0.3, 0.4) is 0 Å². The van der Waals surface area contributed by atoms with E-state index in [-0.39, 0.29) is 0 Å². The normalized spacial score (nSPS) is 13.9. The zero-order valence-corrected chi connectivity index (χ0v) is 12.2. The Labute approximate surface area is 120 Å². The fourth-order valence-corrected chi connectivity index (χ4v) is 3.00. The largest absolute Gasteiger partial charge is 0.496 e. The van der Waals surface area contributed by atoms with Crippen molar-refractivity contribution in [1.29, 1.82) is 0 Å². The number of aryl methyl sites for hydroxylation is 1. The van der Waals surface area contributed by atoms with Gasteiger partial charge in [-0.2, -0.15) is 0 Å². The smallest absolute Gasteiger partial charge is 0.122 e. The van der Waals surface area contributed by atoms with Gasteiger partial charge in [-0.25, -0.2) is 0 Å². The van der Waals surface area contributed by atoms with E-state index in [1.807, 2.05) is 0 Å². The van der Waals surface area contributed by atoms with E-state index in [1.54, 1.807) is 7.11 Å². The summed E-state index contributed by atoms with van der Waals surface area (Å²) in [4.78, 5) is 0. The maximum Gasteiger partial charge on any atom is 0.122 e. The van der Waals surface area contributed by atoms with Crippen LogP contribution < -0.4 is 10.1 Å². The molecule has 1 heterocycles. The average molecular weight is 267 g/mol. The van der Waals surface area contributed by atoms with Crippen molar-refractivity contribution in [2.45, 2.75) is 26.3 Å². The molecule has 0 saturated heterocycles. The second-order valence-corrected chi connectivity index (χ2v) is 5.47. The van der Waals surface area contributed by atoms with Crippen molar-refractivity contribution in [1.82, 2.24) is 5.32 Å². The van der Waals surface area contributed by atoms with Crippen LogP contribution in [-0.4, -0.2) is 13.7 Å². The van der Waals surface area contributed by atoms with Crippen molar-refractivity contribution in [3.63, 3.8) is 0 Å². The lowest BCUT2D eigenvalue weighted by atomic mass is 9.92. The van der Waals surface area contributed by atoms with Crippen LogP contribution in [0.25, 0.3) is 0 Å². The summed E-state index contributed by atoms with van der Waals surface area (Å²) in [5, 5.41) is 3.48. The van der Waals surface area contributed by atoms with Crippen molar-refractivity contribution in [2.24, 2.45) is 0 Å². The molecule has 0 radical (unpaired) electrons. The lowest BCUT2D eigenvalue weighted by Gasteiger charge is -2.21. The highest BCUT2D eigenvalue weighted by Gasteiger charge is 2.14. The van der Waals surface area contributed by atoms with Crippen molar-refractivity contribution >= 4 is 0 Å². The zero-order chi connectivity index (χ0) is 13.9. The molecule has 0 spiro atoms. The fraction of sp³-hybridized carbons (Fsp3) is 0.333. The van der Waals surface area contributed by atoms with Crippen LogP contribution in [0.15, 0.2) is 36.4 Å². The molecule has 0 unspecified atom stereocenters. The van der Waals surface area contributed by atoms with Gasteiger partial charge in [0.05, 0.1) is 7.11 Å². The van der Waals surface area contributed by atoms with Crippen LogP contribution in [-0.2, 0) is 19.4 Å². The Balaban J connectivity index is 1.97. The molecule has 0 amide bonds. The number of rotatable bonds is 3. The van der Waals surface area contributed by atoms with Gasteiger partial charge in [0.25, 0.3) is 0 Å². The molecule has 1 aliphatic rings. The van der Waals surface area contributed by atoms with Gasteiger partial charge in [-0.15, -0.1) is 0 Å². The van der Waals surface area contributed by atoms with Gasteiger partial charge in [0, 0.05) is 13.0 Å². The molecule has 2 aromatic rings. The summed E-state index contributed by atoms with van der Waals surface area (Å²) in [7, 11) is 1.75. The predicted octanol–water partition coefficient (Wildman–Crippen LogP) is 3.24. The van der Waals surface area contributed by atoms with Crippen LogP contribution in [0, 0.1) is 6.92 Å². The molecule has 0 aliphatic carbocycles. The third-order valence-electron chi connectivity index (χ3n) is 4.06. The van der Waals surface area contributed by atoms with Crippen molar-refractivity contribution in [2.75, 3.05) is 13.7 Å². The van der Waals surface area contributed by atoms with Crippen LogP contribution >= 0.6 is 0 Å². The standard InChI is InChI=1S/C18H21NO/c1-13-6-7-18(20-2)16(10-13)11-15-5-3-4-14-8-9-19-12-17(14)15/h3-7,10,19H,8-9,11-12H2,1-2H3. The van der Waals surface area contributed by atoms with Gasteiger partial charge < -0.3 is 10.1 Å². The SMILES string of the molecule is COc1ccc(C)cc1Cc1cccc2c1CNCC2. The van der Waals surface area contributed by atoms with Crippen LogP contribution in [0.2, 0.25) is 0 Å². The van der Waals surface area contributed by atoms with Crippen LogP contribution in [0.5, 0.6) is 5.75 Å². The molecule has 2 heteroatoms. The first-order valence-corrected chi connectivity index (χ1v) is 7.22. The van der Waals surface area contributed by atoms with E-state index in [9.17, 15) is 0 Å². The molecule has 0 atom stereocenters. The van der Waals surface area contributed by atoms with E-state index in [4.69, 9.17) is 4.74 Å². The highest BCUT2D eigenvalue weighted by Crippen LogP contribution is 2.26. The molecule has 0 aromatic heterocycles. The van der Waals surface area contributed by atoms with Crippen LogP contribution in [0.1, 0.15) is 27.8 Å². The van der Waals surface area contributed by atoms with Gasteiger partial charge in [-0.3, -0.25) is 0 Å². The number of benzene rings is 2. The number of fused-ring (bicyclic) bond motifs is 1. The lowest BCUT2D eigenvalue weighted by molar-refractivity contribution is 0.410. The van der Waals surface area contributed by atoms with E-state index < -0.39 is 0 Å². The van der Waals surface area contributed by atoms with E-state index in [2.05, 4.69) is 48.6 Å². The van der Waals surface area contributed by atoms with Gasteiger partial charge in [-0.05, 0) is 48.2 Å². The van der Waals surface area contributed by atoms with E-state index in [1.165, 1.54) is 27.8 Å². The van der Waals surface area contributed by atoms with Crippen molar-refractivity contribution < 1.29 is 4.74 Å². The highest BCUT2D eigenvalue weighted by atomic mass is 16.5. The number of methoxy groups -OCH3 is 1. The first-order valence-electron chi connectivity index (χ1n) is 7.22. The van der Waals surface area contributed by atoms with E-state index in [0.29, 0.717) is 0 Å². The molecule has 0 fully saturated rings. The Morgan fingerprint density at radius 1 is 1.15 bits per heavy atom. The maximum atomic E-state index is 5.50. The predicted molar refractivity (Wildman–Crippen MR) is 82.4 cm³/mol. The molecule has 0 saturated carbocycles. The van der Waals surface area contributed by atoms with E-state index in [0.717, 1.165) is 31.7 Å². The summed E-state index contributed by atoms with van der Waals surface area (Å²) in [5.74, 6) is 0.983. The fourth-order valence-electron chi connectivity index (χ4n) is 3.00. The molecule has 104 valence electrons. The summed E-state index contributed by atoms with van der Waals surface area (Å²) in [6.45, 7) is 4.20. The number of ether oxygens (including phenoxy) is 1. The molecule has 2 aromatic carbocycles. The highest BCUT2D eigenvalue weighted by molar-refractivity contribution is 5.44. The molecular formula is C18H21NO. The minimum absolute atomic E-state index is 0.940. The third-order valence-corrected chi connectivity index (χ3v) is 4.06. The van der Waals surface area contributed by atoms with Gasteiger partial charge in [0.1, 0.15) is 5.75 Å². The lowest BCUT2D eigenvalue weighted by Crippen LogP contribution is -2.24. The topological polar surface area (TPSA) is 21.3 Å². The molecule has 20 heavy (non-hydrogen) atoms. The minimum Gasteiger partial charge on any atom is -0.496 e. The molecular weight excluding hydrogens is 246 g/mol. The molecule has 2 nitrogen and oxygen atoms in total. The summed E-state index contributed by atoms with van der Waals surface area (Å²) in [5.41, 5.74) is 6.93. The first kappa shape index (κ1) is 13.2. The molecule has 3 rings (SSSR count). The third kappa shape index (κ3) is 2.56. The summed E-state index contributed by atoms with van der Waals surface area (Å²) in [6.07, 6.45) is 2.07. The monoisotopic (exact) mass is 267 g/mol. The van der Waals surface area contributed by atoms with Gasteiger partial charge in [0.2, 0.25) is 0 Å². The Morgan fingerprint density at radius 2 is 2.05 bits per heavy atom. The number of hydrogen-bond donors (Lipinski definition) is 1. The summed E-state index contributed by atoms with van der Waals surface area (Å²) >= 11 is 0. The molecule has 1 N–H and O–H groups in total.